The first kappa shape index (κ1) is 12.6. The summed E-state index contributed by atoms with van der Waals surface area (Å²) in [6.45, 7) is 1.41. The van der Waals surface area contributed by atoms with Crippen LogP contribution in [-0.4, -0.2) is 9.91 Å². The Morgan fingerprint density at radius 1 is 1.50 bits per heavy atom. The molecule has 0 spiro atoms. The van der Waals surface area contributed by atoms with Crippen LogP contribution in [0.25, 0.3) is 10.2 Å². The van der Waals surface area contributed by atoms with Gasteiger partial charge in [0.05, 0.1) is 4.92 Å². The van der Waals surface area contributed by atoms with Crippen molar-refractivity contribution in [2.75, 3.05) is 5.73 Å². The molecule has 0 radical (unpaired) electrons. The van der Waals surface area contributed by atoms with Gasteiger partial charge in [0.2, 0.25) is 0 Å². The molecule has 0 aliphatic carbocycles. The normalized spacial score (nSPS) is 12.0. The standard InChI is InChI=1S/C9H6F3N3O2S/c1-3-2-4(9(10,11)12)14-7-5(3)6(13)8(18-7)15(16)17/h2H,13H2,1H3. The molecule has 0 aliphatic rings. The van der Waals surface area contributed by atoms with Crippen LogP contribution in [0.1, 0.15) is 11.3 Å². The number of hydrogen-bond acceptors (Lipinski definition) is 5. The zero-order valence-electron chi connectivity index (χ0n) is 8.91. The van der Waals surface area contributed by atoms with Gasteiger partial charge in [-0.1, -0.05) is 0 Å². The Balaban J connectivity index is 2.79. The van der Waals surface area contributed by atoms with Crippen LogP contribution in [0.3, 0.4) is 0 Å². The first-order chi connectivity index (χ1) is 8.21. The molecule has 2 rings (SSSR count). The maximum absolute atomic E-state index is 12.5. The number of aromatic nitrogens is 1. The lowest BCUT2D eigenvalue weighted by Gasteiger charge is -2.06. The SMILES string of the molecule is Cc1cc(C(F)(F)F)nc2sc([N+](=O)[O-])c(N)c12. The second kappa shape index (κ2) is 3.80. The van der Waals surface area contributed by atoms with E-state index in [0.29, 0.717) is 11.3 Å². The van der Waals surface area contributed by atoms with Gasteiger partial charge in [0, 0.05) is 5.39 Å². The van der Waals surface area contributed by atoms with Gasteiger partial charge < -0.3 is 5.73 Å². The molecule has 0 atom stereocenters. The van der Waals surface area contributed by atoms with Gasteiger partial charge in [-0.25, -0.2) is 4.98 Å². The summed E-state index contributed by atoms with van der Waals surface area (Å²) in [6, 6.07) is 0.829. The smallest absolute Gasteiger partial charge is 0.392 e. The molecule has 0 saturated heterocycles. The van der Waals surface area contributed by atoms with Gasteiger partial charge in [-0.2, -0.15) is 13.2 Å². The summed E-state index contributed by atoms with van der Waals surface area (Å²) in [5.41, 5.74) is 4.54. The van der Waals surface area contributed by atoms with Crippen molar-refractivity contribution in [3.05, 3.63) is 27.4 Å². The van der Waals surface area contributed by atoms with Gasteiger partial charge in [-0.3, -0.25) is 10.1 Å². The van der Waals surface area contributed by atoms with Crippen molar-refractivity contribution >= 4 is 32.2 Å². The van der Waals surface area contributed by atoms with Crippen LogP contribution in [0.2, 0.25) is 0 Å². The third-order valence-electron chi connectivity index (χ3n) is 2.33. The first-order valence-electron chi connectivity index (χ1n) is 4.63. The lowest BCUT2D eigenvalue weighted by molar-refractivity contribution is -0.379. The second-order valence-corrected chi connectivity index (χ2v) is 4.56. The summed E-state index contributed by atoms with van der Waals surface area (Å²) in [6.07, 6.45) is -4.59. The van der Waals surface area contributed by atoms with Crippen LogP contribution in [0, 0.1) is 17.0 Å². The summed E-state index contributed by atoms with van der Waals surface area (Å²) in [4.78, 5) is 13.2. The van der Waals surface area contributed by atoms with Crippen molar-refractivity contribution in [2.24, 2.45) is 0 Å². The fourth-order valence-electron chi connectivity index (χ4n) is 1.58. The van der Waals surface area contributed by atoms with E-state index in [-0.39, 0.29) is 26.5 Å². The number of nitrogens with zero attached hydrogens (tertiary/aromatic N) is 2. The van der Waals surface area contributed by atoms with E-state index in [1.54, 1.807) is 0 Å². The molecule has 9 heteroatoms. The van der Waals surface area contributed by atoms with Crippen LogP contribution < -0.4 is 5.73 Å². The van der Waals surface area contributed by atoms with E-state index >= 15 is 0 Å². The van der Waals surface area contributed by atoms with E-state index in [9.17, 15) is 23.3 Å². The van der Waals surface area contributed by atoms with Crippen molar-refractivity contribution in [1.82, 2.24) is 4.98 Å². The Labute approximate surface area is 102 Å². The third-order valence-corrected chi connectivity index (χ3v) is 3.38. The minimum absolute atomic E-state index is 0.0773. The molecule has 0 saturated carbocycles. The van der Waals surface area contributed by atoms with Crippen molar-refractivity contribution in [1.29, 1.82) is 0 Å². The topological polar surface area (TPSA) is 82.0 Å². The number of pyridine rings is 1. The maximum atomic E-state index is 12.5. The minimum Gasteiger partial charge on any atom is -0.392 e. The molecular weight excluding hydrogens is 271 g/mol. The largest absolute Gasteiger partial charge is 0.433 e. The highest BCUT2D eigenvalue weighted by Gasteiger charge is 2.34. The number of anilines is 1. The van der Waals surface area contributed by atoms with E-state index in [4.69, 9.17) is 5.73 Å². The predicted octanol–water partition coefficient (Wildman–Crippen LogP) is 3.11. The van der Waals surface area contributed by atoms with Crippen molar-refractivity contribution < 1.29 is 18.1 Å². The molecule has 96 valence electrons. The highest BCUT2D eigenvalue weighted by atomic mass is 32.1. The zero-order chi connectivity index (χ0) is 13.7. The number of thiophene rings is 1. The summed E-state index contributed by atoms with van der Waals surface area (Å²) in [5, 5.41) is 10.5. The molecule has 0 unspecified atom stereocenters. The van der Waals surface area contributed by atoms with Gasteiger partial charge in [0.25, 0.3) is 0 Å². The van der Waals surface area contributed by atoms with Crippen molar-refractivity contribution in [2.45, 2.75) is 13.1 Å². The summed E-state index contributed by atoms with van der Waals surface area (Å²) >= 11 is 0.541. The molecular formula is C9H6F3N3O2S. The van der Waals surface area contributed by atoms with Crippen LogP contribution in [0.4, 0.5) is 23.9 Å². The number of hydrogen-bond donors (Lipinski definition) is 1. The van der Waals surface area contributed by atoms with Gasteiger partial charge in [0.15, 0.2) is 0 Å². The molecule has 2 N–H and O–H groups in total. The Morgan fingerprint density at radius 3 is 2.61 bits per heavy atom. The zero-order valence-corrected chi connectivity index (χ0v) is 9.72. The van der Waals surface area contributed by atoms with E-state index in [0.717, 1.165) is 6.07 Å². The fourth-order valence-corrected chi connectivity index (χ4v) is 2.57. The van der Waals surface area contributed by atoms with Crippen LogP contribution in [-0.2, 0) is 6.18 Å². The molecule has 2 aromatic heterocycles. The Hall–Kier alpha value is -1.90. The number of nitrogen functional groups attached to an aromatic ring is 1. The number of aryl methyl sites for hydroxylation is 1. The number of nitrogens with two attached hydrogens (primary N) is 1. The average Bonchev–Trinajstić information content (AvgIpc) is 2.55. The quantitative estimate of drug-likeness (QED) is 0.641. The molecule has 0 bridgehead atoms. The maximum Gasteiger partial charge on any atom is 0.433 e. The van der Waals surface area contributed by atoms with E-state index in [2.05, 4.69) is 4.98 Å². The molecule has 0 aliphatic heterocycles. The molecule has 5 nitrogen and oxygen atoms in total. The summed E-state index contributed by atoms with van der Waals surface area (Å²) in [7, 11) is 0. The second-order valence-electron chi connectivity index (χ2n) is 3.58. The van der Waals surface area contributed by atoms with Gasteiger partial charge in [-0.15, -0.1) is 0 Å². The highest BCUT2D eigenvalue weighted by Crippen LogP contribution is 2.42. The van der Waals surface area contributed by atoms with E-state index in [1.807, 2.05) is 0 Å². The van der Waals surface area contributed by atoms with Crippen LogP contribution in [0.5, 0.6) is 0 Å². The number of nitro groups is 1. The molecule has 0 aromatic carbocycles. The minimum atomic E-state index is -4.59. The van der Waals surface area contributed by atoms with Gasteiger partial charge >= 0.3 is 11.2 Å². The van der Waals surface area contributed by atoms with Gasteiger partial charge in [0.1, 0.15) is 16.2 Å². The Bertz CT molecular complexity index is 651. The number of rotatable bonds is 1. The molecule has 18 heavy (non-hydrogen) atoms. The number of fused-ring (bicyclic) bond motifs is 1. The lowest BCUT2D eigenvalue weighted by Crippen LogP contribution is -2.08. The molecule has 0 amide bonds. The fraction of sp³-hybridized carbons (Fsp3) is 0.222. The Kier molecular flexibility index (Phi) is 2.65. The highest BCUT2D eigenvalue weighted by molar-refractivity contribution is 7.22. The van der Waals surface area contributed by atoms with Crippen molar-refractivity contribution in [3.8, 4) is 0 Å². The average molecular weight is 277 g/mol. The molecule has 2 aromatic rings. The van der Waals surface area contributed by atoms with Crippen LogP contribution >= 0.6 is 11.3 Å². The monoisotopic (exact) mass is 277 g/mol. The number of halogens is 3. The molecule has 2 heterocycles. The Morgan fingerprint density at radius 2 is 2.11 bits per heavy atom. The van der Waals surface area contributed by atoms with E-state index < -0.39 is 16.8 Å². The predicted molar refractivity (Wildman–Crippen MR) is 60.4 cm³/mol. The molecule has 0 fully saturated rings. The summed E-state index contributed by atoms with van der Waals surface area (Å²) < 4.78 is 37.6. The van der Waals surface area contributed by atoms with Gasteiger partial charge in [-0.05, 0) is 29.9 Å². The summed E-state index contributed by atoms with van der Waals surface area (Å²) in [5.74, 6) is 0. The lowest BCUT2D eigenvalue weighted by atomic mass is 10.1. The van der Waals surface area contributed by atoms with Crippen LogP contribution in [0.15, 0.2) is 6.07 Å². The third kappa shape index (κ3) is 1.86. The van der Waals surface area contributed by atoms with E-state index in [1.165, 1.54) is 6.92 Å². The number of alkyl halides is 3. The first-order valence-corrected chi connectivity index (χ1v) is 5.44. The van der Waals surface area contributed by atoms with Crippen molar-refractivity contribution in [3.63, 3.8) is 0 Å².